The molecule has 3 aliphatic rings. The van der Waals surface area contributed by atoms with Gasteiger partial charge in [0, 0.05) is 43.6 Å². The fraction of sp³-hybridized carbons (Fsp3) is 0.640. The van der Waals surface area contributed by atoms with Gasteiger partial charge in [0.1, 0.15) is 17.7 Å². The Bertz CT molecular complexity index is 1030. The molecule has 198 valence electrons. The minimum absolute atomic E-state index is 0.0395. The lowest BCUT2D eigenvalue weighted by atomic mass is 9.89. The van der Waals surface area contributed by atoms with Crippen molar-refractivity contribution in [1.29, 1.82) is 0 Å². The number of anilines is 1. The number of rotatable bonds is 6. The van der Waals surface area contributed by atoms with Crippen LogP contribution >= 0.6 is 0 Å². The summed E-state index contributed by atoms with van der Waals surface area (Å²) in [7, 11) is -1.85. The lowest BCUT2D eigenvalue weighted by Gasteiger charge is -2.45. The molecule has 8 nitrogen and oxygen atoms in total. The predicted molar refractivity (Wildman–Crippen MR) is 132 cm³/mol. The van der Waals surface area contributed by atoms with Crippen LogP contribution in [0.2, 0.25) is 18.1 Å². The van der Waals surface area contributed by atoms with E-state index < -0.39 is 43.8 Å². The van der Waals surface area contributed by atoms with Crippen molar-refractivity contribution < 1.29 is 32.3 Å². The molecule has 2 N–H and O–H groups in total. The van der Waals surface area contributed by atoms with E-state index in [2.05, 4.69) is 44.5 Å². The monoisotopic (exact) mass is 523 g/mol. The molecule has 2 heterocycles. The predicted octanol–water partition coefficient (Wildman–Crippen LogP) is 3.95. The maximum absolute atomic E-state index is 14.8. The van der Waals surface area contributed by atoms with Crippen molar-refractivity contribution in [1.82, 2.24) is 10.6 Å². The fourth-order valence-electron chi connectivity index (χ4n) is 4.49. The maximum Gasteiger partial charge on any atom is 0.407 e. The number of nitrogens with zero attached hydrogens (tertiary/aromatic N) is 1. The number of nitrogens with one attached hydrogen (secondary N) is 2. The highest BCUT2D eigenvalue weighted by Crippen LogP contribution is 2.40. The minimum Gasteiger partial charge on any atom is -0.446 e. The van der Waals surface area contributed by atoms with E-state index in [9.17, 15) is 23.2 Å². The Morgan fingerprint density at radius 3 is 2.28 bits per heavy atom. The normalized spacial score (nSPS) is 25.1. The lowest BCUT2D eigenvalue weighted by molar-refractivity contribution is -0.134. The Labute approximate surface area is 211 Å². The first-order chi connectivity index (χ1) is 16.7. The van der Waals surface area contributed by atoms with Crippen LogP contribution in [-0.2, 0) is 18.8 Å². The summed E-state index contributed by atoms with van der Waals surface area (Å²) in [4.78, 5) is 37.3. The number of piperidine rings is 1. The molecule has 0 bridgehead atoms. The van der Waals surface area contributed by atoms with Crippen molar-refractivity contribution in [2.75, 3.05) is 18.0 Å². The van der Waals surface area contributed by atoms with E-state index in [4.69, 9.17) is 9.16 Å². The van der Waals surface area contributed by atoms with Crippen LogP contribution in [0.25, 0.3) is 0 Å². The first kappa shape index (κ1) is 26.5. The Morgan fingerprint density at radius 1 is 1.11 bits per heavy atom. The van der Waals surface area contributed by atoms with Gasteiger partial charge in [-0.25, -0.2) is 13.6 Å². The molecular weight excluding hydrogens is 488 g/mol. The zero-order chi connectivity index (χ0) is 26.4. The zero-order valence-electron chi connectivity index (χ0n) is 21.5. The quantitative estimate of drug-likeness (QED) is 0.433. The molecule has 36 heavy (non-hydrogen) atoms. The number of halogens is 2. The van der Waals surface area contributed by atoms with Crippen LogP contribution in [0.3, 0.4) is 0 Å². The molecule has 0 radical (unpaired) electrons. The van der Waals surface area contributed by atoms with Gasteiger partial charge in [-0.15, -0.1) is 0 Å². The van der Waals surface area contributed by atoms with Crippen LogP contribution in [0.15, 0.2) is 12.1 Å². The first-order valence-corrected chi connectivity index (χ1v) is 15.4. The fourth-order valence-corrected chi connectivity index (χ4v) is 5.87. The number of carbonyl (C=O) groups is 3. The number of alkyl carbamates (subject to hydrolysis) is 1. The SMILES string of the molecule is CC(C)(C)[Si](C)(C)OC1CC(OC(=O)NC2CN(c3cc(F)c(C4CCC(=O)NC4=O)c(F)c3)C2)C1. The van der Waals surface area contributed by atoms with Gasteiger partial charge < -0.3 is 19.4 Å². The number of hydrogen-bond acceptors (Lipinski definition) is 6. The Kier molecular flexibility index (Phi) is 7.17. The van der Waals surface area contributed by atoms with Gasteiger partial charge in [0.2, 0.25) is 11.8 Å². The van der Waals surface area contributed by atoms with Gasteiger partial charge in [0.05, 0.1) is 18.1 Å². The minimum atomic E-state index is -1.85. The summed E-state index contributed by atoms with van der Waals surface area (Å²) in [6.07, 6.45) is 0.942. The number of benzene rings is 1. The van der Waals surface area contributed by atoms with Crippen LogP contribution < -0.4 is 15.5 Å². The third kappa shape index (κ3) is 5.56. The molecule has 11 heteroatoms. The molecule has 0 spiro atoms. The summed E-state index contributed by atoms with van der Waals surface area (Å²) in [5.41, 5.74) is 0.0101. The topological polar surface area (TPSA) is 97.0 Å². The molecule has 1 unspecified atom stereocenters. The number of imide groups is 1. The second kappa shape index (κ2) is 9.73. The largest absolute Gasteiger partial charge is 0.446 e. The first-order valence-electron chi connectivity index (χ1n) is 12.5. The third-order valence-electron chi connectivity index (χ3n) is 7.81. The van der Waals surface area contributed by atoms with Crippen molar-refractivity contribution in [2.24, 2.45) is 0 Å². The molecular formula is C25H35F2N3O5Si. The van der Waals surface area contributed by atoms with Crippen molar-refractivity contribution in [3.63, 3.8) is 0 Å². The summed E-state index contributed by atoms with van der Waals surface area (Å²) >= 11 is 0. The molecule has 0 aromatic heterocycles. The van der Waals surface area contributed by atoms with Crippen LogP contribution in [0, 0.1) is 11.6 Å². The van der Waals surface area contributed by atoms with E-state index in [1.807, 2.05) is 0 Å². The molecule has 1 aromatic carbocycles. The second-order valence-corrected chi connectivity index (χ2v) is 16.3. The van der Waals surface area contributed by atoms with Gasteiger partial charge in [0.15, 0.2) is 8.32 Å². The van der Waals surface area contributed by atoms with Gasteiger partial charge in [-0.05, 0) is 36.7 Å². The molecule has 4 rings (SSSR count). The summed E-state index contributed by atoms with van der Waals surface area (Å²) in [5.74, 6) is -3.81. The lowest BCUT2D eigenvalue weighted by Crippen LogP contribution is -2.60. The number of amides is 3. The summed E-state index contributed by atoms with van der Waals surface area (Å²) < 4.78 is 41.3. The van der Waals surface area contributed by atoms with Gasteiger partial charge in [-0.2, -0.15) is 0 Å². The van der Waals surface area contributed by atoms with Gasteiger partial charge in [0.25, 0.3) is 0 Å². The van der Waals surface area contributed by atoms with Crippen LogP contribution in [0.4, 0.5) is 19.3 Å². The van der Waals surface area contributed by atoms with E-state index >= 15 is 0 Å². The van der Waals surface area contributed by atoms with E-state index in [1.165, 1.54) is 12.1 Å². The summed E-state index contributed by atoms with van der Waals surface area (Å²) in [5, 5.41) is 5.05. The maximum atomic E-state index is 14.8. The highest BCUT2D eigenvalue weighted by Gasteiger charge is 2.43. The molecule has 3 fully saturated rings. The molecule has 1 saturated carbocycles. The standard InChI is InChI=1S/C25H35F2N3O5Si/c1-25(2,3)36(4,5)35-17-10-16(11-17)34-24(33)28-14-12-30(13-14)15-8-19(26)22(20(27)9-15)18-6-7-21(31)29-23(18)32/h8-9,14,16-18H,6-7,10-13H2,1-5H3,(H,28,33)(H,29,31,32). The van der Waals surface area contributed by atoms with Crippen LogP contribution in [0.1, 0.15) is 57.9 Å². The number of carbonyl (C=O) groups excluding carboxylic acids is 3. The number of hydrogen-bond donors (Lipinski definition) is 2. The highest BCUT2D eigenvalue weighted by atomic mass is 28.4. The molecule has 1 aliphatic carbocycles. The Morgan fingerprint density at radius 2 is 1.72 bits per heavy atom. The van der Waals surface area contributed by atoms with E-state index in [0.29, 0.717) is 31.6 Å². The number of ether oxygens (including phenoxy) is 1. The van der Waals surface area contributed by atoms with Crippen molar-refractivity contribution in [3.8, 4) is 0 Å². The van der Waals surface area contributed by atoms with E-state index in [-0.39, 0.29) is 41.7 Å². The summed E-state index contributed by atoms with van der Waals surface area (Å²) in [6, 6.07) is 2.18. The average molecular weight is 524 g/mol. The zero-order valence-corrected chi connectivity index (χ0v) is 22.5. The average Bonchev–Trinajstić information content (AvgIpc) is 2.68. The molecule has 2 saturated heterocycles. The van der Waals surface area contributed by atoms with Gasteiger partial charge in [-0.1, -0.05) is 20.8 Å². The van der Waals surface area contributed by atoms with Gasteiger partial charge in [-0.3, -0.25) is 14.9 Å². The van der Waals surface area contributed by atoms with Gasteiger partial charge >= 0.3 is 6.09 Å². The molecule has 1 aromatic rings. The molecule has 1 atom stereocenters. The second-order valence-electron chi connectivity index (χ2n) is 11.6. The van der Waals surface area contributed by atoms with Crippen LogP contribution in [0.5, 0.6) is 0 Å². The third-order valence-corrected chi connectivity index (χ3v) is 12.3. The van der Waals surface area contributed by atoms with E-state index in [0.717, 1.165) is 0 Å². The smallest absolute Gasteiger partial charge is 0.407 e. The van der Waals surface area contributed by atoms with Crippen molar-refractivity contribution in [3.05, 3.63) is 29.3 Å². The molecule has 2 aliphatic heterocycles. The van der Waals surface area contributed by atoms with Crippen LogP contribution in [-0.4, -0.2) is 57.6 Å². The van der Waals surface area contributed by atoms with Crippen molar-refractivity contribution in [2.45, 2.75) is 88.8 Å². The molecule has 3 amide bonds. The highest BCUT2D eigenvalue weighted by molar-refractivity contribution is 6.74. The van der Waals surface area contributed by atoms with Crippen molar-refractivity contribution >= 4 is 31.9 Å². The Balaban J connectivity index is 1.22. The summed E-state index contributed by atoms with van der Waals surface area (Å²) in [6.45, 7) is 11.7. The Hall–Kier alpha value is -2.53. The van der Waals surface area contributed by atoms with E-state index in [1.54, 1.807) is 4.90 Å².